The number of hydrogen-bond acceptors (Lipinski definition) is 4. The lowest BCUT2D eigenvalue weighted by molar-refractivity contribution is 0.252. The maximum atomic E-state index is 13.3. The number of nitrogens with zero attached hydrogens (tertiary/aromatic N) is 2. The molecule has 0 aromatic heterocycles. The Morgan fingerprint density at radius 3 is 2.31 bits per heavy atom. The number of amides is 2. The summed E-state index contributed by atoms with van der Waals surface area (Å²) in [5.74, 6) is -0.489. The number of sulfonamides is 1. The van der Waals surface area contributed by atoms with Gasteiger partial charge in [0.05, 0.1) is 4.90 Å². The highest BCUT2D eigenvalue weighted by Crippen LogP contribution is 2.27. The van der Waals surface area contributed by atoms with E-state index in [1.807, 2.05) is 38.9 Å². The molecule has 0 fully saturated rings. The summed E-state index contributed by atoms with van der Waals surface area (Å²) in [7, 11) is -0.0690. The fourth-order valence-corrected chi connectivity index (χ4v) is 4.77. The highest BCUT2D eigenvalue weighted by atomic mass is 32.2. The third-order valence-corrected chi connectivity index (χ3v) is 6.77. The Kier molecular flexibility index (Phi) is 9.46. The molecule has 2 aromatic rings. The second kappa shape index (κ2) is 11.8. The summed E-state index contributed by atoms with van der Waals surface area (Å²) in [6.07, 6.45) is 2.50. The lowest BCUT2D eigenvalue weighted by Gasteiger charge is -2.25. The first-order valence-corrected chi connectivity index (χ1v) is 12.2. The van der Waals surface area contributed by atoms with Gasteiger partial charge in [-0.25, -0.2) is 17.6 Å². The van der Waals surface area contributed by atoms with Gasteiger partial charge in [0, 0.05) is 45.1 Å². The Balaban J connectivity index is 2.33. The van der Waals surface area contributed by atoms with Gasteiger partial charge in [0.25, 0.3) is 0 Å². The van der Waals surface area contributed by atoms with Crippen molar-refractivity contribution in [2.24, 2.45) is 0 Å². The van der Waals surface area contributed by atoms with Crippen LogP contribution in [0.3, 0.4) is 0 Å². The Labute approximate surface area is 190 Å². The molecule has 0 saturated heterocycles. The van der Waals surface area contributed by atoms with Crippen LogP contribution in [-0.4, -0.2) is 45.9 Å². The van der Waals surface area contributed by atoms with Crippen LogP contribution in [0.4, 0.5) is 20.6 Å². The number of unbranched alkanes of at least 4 members (excludes halogenated alkanes) is 1. The summed E-state index contributed by atoms with van der Waals surface area (Å²) < 4.78 is 41.2. The predicted octanol–water partition coefficient (Wildman–Crippen LogP) is 4.41. The zero-order chi connectivity index (χ0) is 23.7. The van der Waals surface area contributed by atoms with E-state index >= 15 is 0 Å². The molecule has 9 heteroatoms. The van der Waals surface area contributed by atoms with Crippen molar-refractivity contribution < 1.29 is 17.6 Å². The molecule has 0 aliphatic heterocycles. The summed E-state index contributed by atoms with van der Waals surface area (Å²) in [6.45, 7) is 4.97. The van der Waals surface area contributed by atoms with Crippen molar-refractivity contribution >= 4 is 27.4 Å². The quantitative estimate of drug-likeness (QED) is 0.483. The first kappa shape index (κ1) is 25.6. The fourth-order valence-electron chi connectivity index (χ4n) is 3.26. The predicted molar refractivity (Wildman–Crippen MR) is 127 cm³/mol. The minimum absolute atomic E-state index is 0.0448. The second-order valence-corrected chi connectivity index (χ2v) is 9.70. The molecule has 176 valence electrons. The van der Waals surface area contributed by atoms with E-state index in [9.17, 15) is 17.6 Å². The fraction of sp³-hybridized carbons (Fsp3) is 0.435. The van der Waals surface area contributed by atoms with Crippen molar-refractivity contribution in [3.63, 3.8) is 0 Å². The average Bonchev–Trinajstić information content (AvgIpc) is 2.74. The van der Waals surface area contributed by atoms with Gasteiger partial charge in [0.2, 0.25) is 10.0 Å². The molecule has 0 atom stereocenters. The van der Waals surface area contributed by atoms with Crippen LogP contribution in [0.1, 0.15) is 38.7 Å². The van der Waals surface area contributed by atoms with Gasteiger partial charge < -0.3 is 15.5 Å². The number of rotatable bonds is 11. The van der Waals surface area contributed by atoms with E-state index in [1.165, 1.54) is 16.4 Å². The summed E-state index contributed by atoms with van der Waals surface area (Å²) in [4.78, 5) is 14.1. The van der Waals surface area contributed by atoms with Crippen molar-refractivity contribution in [2.45, 2.75) is 44.6 Å². The third kappa shape index (κ3) is 6.93. The maximum Gasteiger partial charge on any atom is 0.319 e. The second-order valence-electron chi connectivity index (χ2n) is 7.76. The average molecular weight is 465 g/mol. The van der Waals surface area contributed by atoms with Gasteiger partial charge in [-0.15, -0.1) is 0 Å². The Bertz CT molecular complexity index is 995. The van der Waals surface area contributed by atoms with Gasteiger partial charge in [-0.1, -0.05) is 20.3 Å². The minimum Gasteiger partial charge on any atom is -0.377 e. The first-order chi connectivity index (χ1) is 15.2. The van der Waals surface area contributed by atoms with Crippen LogP contribution >= 0.6 is 0 Å². The molecule has 0 saturated carbocycles. The SMILES string of the molecule is CCCCNC(=O)Nc1ccc(N(C)C)c(CN(CCC)S(=O)(=O)c2ccc(F)cc2)c1. The number of benzene rings is 2. The van der Waals surface area contributed by atoms with Crippen LogP contribution in [-0.2, 0) is 16.6 Å². The molecule has 2 N–H and O–H groups in total. The van der Waals surface area contributed by atoms with Crippen LogP contribution in [0.5, 0.6) is 0 Å². The number of carbonyl (C=O) groups is 1. The topological polar surface area (TPSA) is 81.8 Å². The summed E-state index contributed by atoms with van der Waals surface area (Å²) in [5, 5.41) is 5.61. The Morgan fingerprint density at radius 2 is 1.72 bits per heavy atom. The number of hydrogen-bond donors (Lipinski definition) is 2. The van der Waals surface area contributed by atoms with Crippen LogP contribution in [0.2, 0.25) is 0 Å². The smallest absolute Gasteiger partial charge is 0.319 e. The molecule has 0 unspecified atom stereocenters. The van der Waals surface area contributed by atoms with E-state index in [1.54, 1.807) is 12.1 Å². The molecule has 0 bridgehead atoms. The Morgan fingerprint density at radius 1 is 1.03 bits per heavy atom. The number of nitrogens with one attached hydrogen (secondary N) is 2. The molecule has 0 aliphatic carbocycles. The molecule has 2 amide bonds. The van der Waals surface area contributed by atoms with Crippen LogP contribution in [0.15, 0.2) is 47.4 Å². The molecular formula is C23H33FN4O3S. The summed E-state index contributed by atoms with van der Waals surface area (Å²) in [5.41, 5.74) is 2.17. The lowest BCUT2D eigenvalue weighted by Crippen LogP contribution is -2.32. The normalized spacial score (nSPS) is 11.4. The first-order valence-electron chi connectivity index (χ1n) is 10.8. The van der Waals surface area contributed by atoms with Gasteiger partial charge in [0.1, 0.15) is 5.82 Å². The zero-order valence-corrected chi connectivity index (χ0v) is 20.0. The van der Waals surface area contributed by atoms with Crippen molar-refractivity contribution in [3.8, 4) is 0 Å². The van der Waals surface area contributed by atoms with Gasteiger partial charge >= 0.3 is 6.03 Å². The van der Waals surface area contributed by atoms with Crippen molar-refractivity contribution in [3.05, 3.63) is 53.8 Å². The summed E-state index contributed by atoms with van der Waals surface area (Å²) >= 11 is 0. The third-order valence-electron chi connectivity index (χ3n) is 4.91. The molecule has 32 heavy (non-hydrogen) atoms. The van der Waals surface area contributed by atoms with Gasteiger partial charge in [-0.2, -0.15) is 4.31 Å². The van der Waals surface area contributed by atoms with Crippen molar-refractivity contribution in [2.75, 3.05) is 37.4 Å². The highest BCUT2D eigenvalue weighted by Gasteiger charge is 2.25. The highest BCUT2D eigenvalue weighted by molar-refractivity contribution is 7.89. The van der Waals surface area contributed by atoms with Crippen molar-refractivity contribution in [1.82, 2.24) is 9.62 Å². The van der Waals surface area contributed by atoms with Crippen LogP contribution in [0.25, 0.3) is 0 Å². The largest absolute Gasteiger partial charge is 0.377 e. The number of carbonyl (C=O) groups excluding carboxylic acids is 1. The van der Waals surface area contributed by atoms with E-state index in [4.69, 9.17) is 0 Å². The maximum absolute atomic E-state index is 13.3. The van der Waals surface area contributed by atoms with Crippen LogP contribution < -0.4 is 15.5 Å². The Hall–Kier alpha value is -2.65. The van der Waals surface area contributed by atoms with Gasteiger partial charge in [-0.3, -0.25) is 0 Å². The monoisotopic (exact) mass is 464 g/mol. The molecule has 0 spiro atoms. The van der Waals surface area contributed by atoms with E-state index in [-0.39, 0.29) is 17.5 Å². The molecule has 0 aliphatic rings. The van der Waals surface area contributed by atoms with E-state index in [2.05, 4.69) is 10.6 Å². The molecule has 0 heterocycles. The summed E-state index contributed by atoms with van der Waals surface area (Å²) in [6, 6.07) is 9.97. The van der Waals surface area contributed by atoms with E-state index < -0.39 is 15.8 Å². The van der Waals surface area contributed by atoms with Crippen LogP contribution in [0, 0.1) is 5.82 Å². The number of anilines is 2. The lowest BCUT2D eigenvalue weighted by atomic mass is 10.1. The van der Waals surface area contributed by atoms with Gasteiger partial charge in [0.15, 0.2) is 0 Å². The molecule has 2 rings (SSSR count). The van der Waals surface area contributed by atoms with E-state index in [0.717, 1.165) is 36.2 Å². The molecule has 7 nitrogen and oxygen atoms in total. The number of halogens is 1. The molecular weight excluding hydrogens is 431 g/mol. The van der Waals surface area contributed by atoms with E-state index in [0.29, 0.717) is 25.2 Å². The standard InChI is InChI=1S/C23H33FN4O3S/c1-5-7-14-25-23(29)26-20-10-13-22(27(3)4)18(16-20)17-28(15-6-2)32(30,31)21-11-8-19(24)9-12-21/h8-13,16H,5-7,14-15,17H2,1-4H3,(H2,25,26,29). The molecule has 0 radical (unpaired) electrons. The van der Waals surface area contributed by atoms with Gasteiger partial charge in [-0.05, 0) is 60.9 Å². The molecule has 2 aromatic carbocycles. The minimum atomic E-state index is -3.82. The number of urea groups is 1. The zero-order valence-electron chi connectivity index (χ0n) is 19.2. The van der Waals surface area contributed by atoms with Crippen molar-refractivity contribution in [1.29, 1.82) is 0 Å².